The number of aromatic nitrogens is 4. The minimum atomic E-state index is -0.287. The van der Waals surface area contributed by atoms with Crippen LogP contribution >= 0.6 is 35.0 Å². The number of hydrogen-bond donors (Lipinski definition) is 2. The van der Waals surface area contributed by atoms with Crippen molar-refractivity contribution >= 4 is 57.7 Å². The van der Waals surface area contributed by atoms with E-state index >= 15 is 0 Å². The van der Waals surface area contributed by atoms with E-state index in [0.29, 0.717) is 33.9 Å². The third-order valence-corrected chi connectivity index (χ3v) is 4.98. The number of carbonyl (C=O) groups is 1. The Balaban J connectivity index is 1.76. The summed E-state index contributed by atoms with van der Waals surface area (Å²) in [6, 6.07) is 5.02. The minimum Gasteiger partial charge on any atom is -0.367 e. The van der Waals surface area contributed by atoms with Crippen molar-refractivity contribution < 1.29 is 4.79 Å². The van der Waals surface area contributed by atoms with E-state index in [-0.39, 0.29) is 11.9 Å². The van der Waals surface area contributed by atoms with Gasteiger partial charge in [0.2, 0.25) is 0 Å². The maximum Gasteiger partial charge on any atom is 0.252 e. The van der Waals surface area contributed by atoms with Gasteiger partial charge >= 0.3 is 0 Å². The molecule has 2 N–H and O–H groups in total. The van der Waals surface area contributed by atoms with Gasteiger partial charge in [-0.25, -0.2) is 14.6 Å². The molecule has 1 amide bonds. The molecule has 0 aliphatic rings. The van der Waals surface area contributed by atoms with Crippen LogP contribution < -0.4 is 10.6 Å². The Morgan fingerprint density at radius 2 is 2.07 bits per heavy atom. The Kier molecular flexibility index (Phi) is 6.64. The van der Waals surface area contributed by atoms with E-state index in [9.17, 15) is 4.79 Å². The molecular formula is C18H20Cl2N6OS. The first kappa shape index (κ1) is 20.7. The lowest BCUT2D eigenvalue weighted by molar-refractivity contribution is 0.0952. The van der Waals surface area contributed by atoms with E-state index in [4.69, 9.17) is 23.2 Å². The van der Waals surface area contributed by atoms with Crippen molar-refractivity contribution in [3.63, 3.8) is 0 Å². The Morgan fingerprint density at radius 3 is 2.79 bits per heavy atom. The van der Waals surface area contributed by atoms with Crippen molar-refractivity contribution in [3.8, 4) is 0 Å². The van der Waals surface area contributed by atoms with Crippen molar-refractivity contribution in [1.29, 1.82) is 0 Å². The molecule has 148 valence electrons. The summed E-state index contributed by atoms with van der Waals surface area (Å²) >= 11 is 13.5. The molecule has 0 aliphatic carbocycles. The topological polar surface area (TPSA) is 84.7 Å². The molecule has 0 unspecified atom stereocenters. The number of benzene rings is 1. The molecule has 0 spiro atoms. The van der Waals surface area contributed by atoms with Crippen LogP contribution in [-0.4, -0.2) is 44.5 Å². The third kappa shape index (κ3) is 4.68. The standard InChI is InChI=1S/C18H20Cl2N6OS/c1-10(2)23-15-13-9-22-26(16(13)25-18(24-15)28-3)7-6-21-17(27)12-8-11(19)4-5-14(12)20/h4-5,8-10H,6-7H2,1-3H3,(H,21,27)(H,23,24,25). The molecule has 28 heavy (non-hydrogen) atoms. The quantitative estimate of drug-likeness (QED) is 0.426. The number of amides is 1. The maximum absolute atomic E-state index is 12.4. The number of nitrogens with one attached hydrogen (secondary N) is 2. The molecule has 1 aromatic carbocycles. The van der Waals surface area contributed by atoms with Gasteiger partial charge in [0.15, 0.2) is 10.8 Å². The third-order valence-electron chi connectivity index (χ3n) is 3.87. The number of rotatable bonds is 7. The summed E-state index contributed by atoms with van der Waals surface area (Å²) in [4.78, 5) is 21.5. The molecule has 10 heteroatoms. The molecule has 0 atom stereocenters. The van der Waals surface area contributed by atoms with Gasteiger partial charge in [-0.3, -0.25) is 4.79 Å². The zero-order chi connectivity index (χ0) is 20.3. The summed E-state index contributed by atoms with van der Waals surface area (Å²) in [5, 5.41) is 12.9. The smallest absolute Gasteiger partial charge is 0.252 e. The Hall–Kier alpha value is -2.03. The first-order valence-electron chi connectivity index (χ1n) is 8.66. The van der Waals surface area contributed by atoms with Gasteiger partial charge in [0.05, 0.1) is 28.7 Å². The first-order chi connectivity index (χ1) is 13.4. The number of fused-ring (bicyclic) bond motifs is 1. The molecule has 0 saturated heterocycles. The first-order valence-corrected chi connectivity index (χ1v) is 10.6. The average molecular weight is 439 g/mol. The van der Waals surface area contributed by atoms with Crippen LogP contribution in [0.5, 0.6) is 0 Å². The second-order valence-corrected chi connectivity index (χ2v) is 7.96. The largest absolute Gasteiger partial charge is 0.367 e. The van der Waals surface area contributed by atoms with Gasteiger partial charge in [0.1, 0.15) is 5.82 Å². The van der Waals surface area contributed by atoms with Gasteiger partial charge in [-0.1, -0.05) is 35.0 Å². The second kappa shape index (κ2) is 8.98. The fourth-order valence-corrected chi connectivity index (χ4v) is 3.35. The Bertz CT molecular complexity index is 1010. The van der Waals surface area contributed by atoms with Crippen LogP contribution in [0.1, 0.15) is 24.2 Å². The van der Waals surface area contributed by atoms with Crippen LogP contribution in [0.3, 0.4) is 0 Å². The fourth-order valence-electron chi connectivity index (χ4n) is 2.62. The highest BCUT2D eigenvalue weighted by Crippen LogP contribution is 2.24. The van der Waals surface area contributed by atoms with Crippen molar-refractivity contribution in [2.45, 2.75) is 31.6 Å². The lowest BCUT2D eigenvalue weighted by atomic mass is 10.2. The summed E-state index contributed by atoms with van der Waals surface area (Å²) in [6.07, 6.45) is 3.66. The predicted molar refractivity (Wildman–Crippen MR) is 115 cm³/mol. The molecule has 0 bridgehead atoms. The molecular weight excluding hydrogens is 419 g/mol. The van der Waals surface area contributed by atoms with Crippen LogP contribution in [0.4, 0.5) is 5.82 Å². The van der Waals surface area contributed by atoms with Gasteiger partial charge < -0.3 is 10.6 Å². The second-order valence-electron chi connectivity index (χ2n) is 6.34. The summed E-state index contributed by atoms with van der Waals surface area (Å²) in [5.74, 6) is 0.468. The highest BCUT2D eigenvalue weighted by Gasteiger charge is 2.14. The average Bonchev–Trinajstić information content (AvgIpc) is 3.06. The van der Waals surface area contributed by atoms with Crippen LogP contribution in [-0.2, 0) is 6.54 Å². The molecule has 0 saturated carbocycles. The fraction of sp³-hybridized carbons (Fsp3) is 0.333. The number of halogens is 2. The number of carbonyl (C=O) groups excluding carboxylic acids is 1. The summed E-state index contributed by atoms with van der Waals surface area (Å²) in [7, 11) is 0. The van der Waals surface area contributed by atoms with Crippen molar-refractivity contribution in [3.05, 3.63) is 40.0 Å². The van der Waals surface area contributed by atoms with Crippen LogP contribution in [0, 0.1) is 0 Å². The van der Waals surface area contributed by atoms with Gasteiger partial charge in [0.25, 0.3) is 5.91 Å². The van der Waals surface area contributed by atoms with Crippen molar-refractivity contribution in [2.75, 3.05) is 18.1 Å². The van der Waals surface area contributed by atoms with Crippen LogP contribution in [0.15, 0.2) is 29.6 Å². The Labute approximate surface area is 177 Å². The number of hydrogen-bond acceptors (Lipinski definition) is 6. The van der Waals surface area contributed by atoms with E-state index < -0.39 is 0 Å². The highest BCUT2D eigenvalue weighted by atomic mass is 35.5. The van der Waals surface area contributed by atoms with E-state index in [2.05, 4.69) is 25.7 Å². The maximum atomic E-state index is 12.4. The van der Waals surface area contributed by atoms with Gasteiger partial charge in [-0.2, -0.15) is 5.10 Å². The highest BCUT2D eigenvalue weighted by molar-refractivity contribution is 7.98. The molecule has 2 aromatic heterocycles. The number of anilines is 1. The van der Waals surface area contributed by atoms with Crippen LogP contribution in [0.2, 0.25) is 10.0 Å². The summed E-state index contributed by atoms with van der Waals surface area (Å²) in [6.45, 7) is 4.92. The zero-order valence-electron chi connectivity index (χ0n) is 15.7. The summed E-state index contributed by atoms with van der Waals surface area (Å²) < 4.78 is 1.75. The van der Waals surface area contributed by atoms with Crippen LogP contribution in [0.25, 0.3) is 11.0 Å². The van der Waals surface area contributed by atoms with E-state index in [1.54, 1.807) is 29.1 Å². The van der Waals surface area contributed by atoms with Gasteiger partial charge in [-0.05, 0) is 38.3 Å². The molecule has 7 nitrogen and oxygen atoms in total. The predicted octanol–water partition coefficient (Wildman–Crippen LogP) is 4.11. The normalized spacial score (nSPS) is 11.2. The van der Waals surface area contributed by atoms with Crippen molar-refractivity contribution in [1.82, 2.24) is 25.1 Å². The molecule has 0 fully saturated rings. The van der Waals surface area contributed by atoms with Crippen molar-refractivity contribution in [2.24, 2.45) is 0 Å². The van der Waals surface area contributed by atoms with E-state index in [1.807, 2.05) is 20.1 Å². The number of thioether (sulfide) groups is 1. The van der Waals surface area contributed by atoms with Gasteiger partial charge in [0, 0.05) is 17.6 Å². The molecule has 3 rings (SSSR count). The molecule has 0 radical (unpaired) electrons. The SMILES string of the molecule is CSc1nc(NC(C)C)c2cnn(CCNC(=O)c3cc(Cl)ccc3Cl)c2n1. The molecule has 0 aliphatic heterocycles. The zero-order valence-corrected chi connectivity index (χ0v) is 18.0. The lowest BCUT2D eigenvalue weighted by Crippen LogP contribution is -2.27. The monoisotopic (exact) mass is 438 g/mol. The van der Waals surface area contributed by atoms with Gasteiger partial charge in [-0.15, -0.1) is 0 Å². The molecule has 2 heterocycles. The number of nitrogens with zero attached hydrogens (tertiary/aromatic N) is 4. The lowest BCUT2D eigenvalue weighted by Gasteiger charge is -2.11. The van der Waals surface area contributed by atoms with E-state index in [0.717, 1.165) is 16.9 Å². The Morgan fingerprint density at radius 1 is 1.29 bits per heavy atom. The van der Waals surface area contributed by atoms with E-state index in [1.165, 1.54) is 11.8 Å². The summed E-state index contributed by atoms with van der Waals surface area (Å²) in [5.41, 5.74) is 1.06. The minimum absolute atomic E-state index is 0.234. The molecule has 3 aromatic rings.